The lowest BCUT2D eigenvalue weighted by Crippen LogP contribution is -2.42. The molecule has 2 heterocycles. The molecule has 1 amide bonds. The Morgan fingerprint density at radius 2 is 2.08 bits per heavy atom. The van der Waals surface area contributed by atoms with Crippen molar-refractivity contribution >= 4 is 11.7 Å². The van der Waals surface area contributed by atoms with Crippen LogP contribution in [0.5, 0.6) is 0 Å². The van der Waals surface area contributed by atoms with E-state index in [0.29, 0.717) is 24.1 Å². The zero-order valence-electron chi connectivity index (χ0n) is 14.1. The van der Waals surface area contributed by atoms with E-state index < -0.39 is 0 Å². The average Bonchev–Trinajstić information content (AvgIpc) is 2.90. The number of rotatable bonds is 4. The van der Waals surface area contributed by atoms with Crippen molar-refractivity contribution < 1.29 is 9.18 Å². The van der Waals surface area contributed by atoms with Gasteiger partial charge in [0.2, 0.25) is 5.91 Å². The molecule has 2 aromatic rings. The van der Waals surface area contributed by atoms with E-state index >= 15 is 0 Å². The van der Waals surface area contributed by atoms with E-state index in [2.05, 4.69) is 22.2 Å². The van der Waals surface area contributed by atoms with Gasteiger partial charge in [-0.3, -0.25) is 9.69 Å². The quantitative estimate of drug-likeness (QED) is 0.937. The highest BCUT2D eigenvalue weighted by molar-refractivity contribution is 5.91. The molecule has 1 saturated heterocycles. The Labute approximate surface area is 141 Å². The first kappa shape index (κ1) is 16.6. The minimum atomic E-state index is -0.299. The first-order valence-electron chi connectivity index (χ1n) is 8.39. The maximum atomic E-state index is 13.1. The third kappa shape index (κ3) is 3.82. The summed E-state index contributed by atoms with van der Waals surface area (Å²) in [5.74, 6) is 0.257. The lowest BCUT2D eigenvalue weighted by molar-refractivity contribution is -0.118. The topological polar surface area (TPSA) is 50.2 Å². The number of aryl methyl sites for hydroxylation is 1. The maximum Gasteiger partial charge on any atom is 0.239 e. The van der Waals surface area contributed by atoms with Crippen LogP contribution in [0.15, 0.2) is 30.3 Å². The molecule has 0 radical (unpaired) electrons. The number of piperidine rings is 1. The second-order valence-corrected chi connectivity index (χ2v) is 6.42. The van der Waals surface area contributed by atoms with Gasteiger partial charge < -0.3 is 5.32 Å². The standard InChI is InChI=1S/C18H23FN4O/c1-13-11-17(23(21-13)16-8-6-15(19)7-9-16)20-18(24)12-22-10-4-3-5-14(22)2/h6-9,11,14H,3-5,10,12H2,1-2H3,(H,20,24)/t14-/m1/s1. The van der Waals surface area contributed by atoms with Crippen molar-refractivity contribution in [2.75, 3.05) is 18.4 Å². The van der Waals surface area contributed by atoms with Crippen LogP contribution in [0.2, 0.25) is 0 Å². The summed E-state index contributed by atoms with van der Waals surface area (Å²) in [6, 6.07) is 8.31. The second kappa shape index (κ2) is 7.13. The lowest BCUT2D eigenvalue weighted by Gasteiger charge is -2.32. The van der Waals surface area contributed by atoms with Crippen molar-refractivity contribution in [3.05, 3.63) is 41.8 Å². The zero-order chi connectivity index (χ0) is 17.1. The predicted octanol–water partition coefficient (Wildman–Crippen LogP) is 3.13. The summed E-state index contributed by atoms with van der Waals surface area (Å²) in [6.45, 7) is 5.38. The minimum Gasteiger partial charge on any atom is -0.309 e. The van der Waals surface area contributed by atoms with Crippen LogP contribution in [0.3, 0.4) is 0 Å². The maximum absolute atomic E-state index is 13.1. The van der Waals surface area contributed by atoms with Gasteiger partial charge in [0.25, 0.3) is 0 Å². The van der Waals surface area contributed by atoms with Gasteiger partial charge in [-0.1, -0.05) is 6.42 Å². The number of nitrogens with zero attached hydrogens (tertiary/aromatic N) is 3. The Morgan fingerprint density at radius 1 is 1.33 bits per heavy atom. The van der Waals surface area contributed by atoms with Crippen LogP contribution in [0.25, 0.3) is 5.69 Å². The molecule has 5 nitrogen and oxygen atoms in total. The summed E-state index contributed by atoms with van der Waals surface area (Å²) >= 11 is 0. The molecule has 1 aromatic carbocycles. The van der Waals surface area contributed by atoms with Gasteiger partial charge in [-0.15, -0.1) is 0 Å². The number of hydrogen-bond donors (Lipinski definition) is 1. The highest BCUT2D eigenvalue weighted by atomic mass is 19.1. The fourth-order valence-corrected chi connectivity index (χ4v) is 3.13. The molecular weight excluding hydrogens is 307 g/mol. The van der Waals surface area contributed by atoms with Crippen LogP contribution in [0.1, 0.15) is 31.9 Å². The number of anilines is 1. The lowest BCUT2D eigenvalue weighted by atomic mass is 10.0. The molecule has 0 saturated carbocycles. The van der Waals surface area contributed by atoms with Gasteiger partial charge >= 0.3 is 0 Å². The van der Waals surface area contributed by atoms with E-state index in [9.17, 15) is 9.18 Å². The van der Waals surface area contributed by atoms with Gasteiger partial charge in [-0.2, -0.15) is 5.10 Å². The number of aromatic nitrogens is 2. The number of carbonyl (C=O) groups is 1. The SMILES string of the molecule is Cc1cc(NC(=O)CN2CCCC[C@H]2C)n(-c2ccc(F)cc2)n1. The summed E-state index contributed by atoms with van der Waals surface area (Å²) in [5, 5.41) is 7.33. The number of nitrogens with one attached hydrogen (secondary N) is 1. The highest BCUT2D eigenvalue weighted by Crippen LogP contribution is 2.19. The van der Waals surface area contributed by atoms with Gasteiger partial charge in [0.05, 0.1) is 17.9 Å². The molecule has 1 aliphatic heterocycles. The van der Waals surface area contributed by atoms with Crippen LogP contribution in [0, 0.1) is 12.7 Å². The Kier molecular flexibility index (Phi) is 4.94. The highest BCUT2D eigenvalue weighted by Gasteiger charge is 2.21. The number of likely N-dealkylation sites (tertiary alicyclic amines) is 1. The summed E-state index contributed by atoms with van der Waals surface area (Å²) in [7, 11) is 0. The molecule has 0 bridgehead atoms. The predicted molar refractivity (Wildman–Crippen MR) is 91.8 cm³/mol. The fraction of sp³-hybridized carbons (Fsp3) is 0.444. The van der Waals surface area contributed by atoms with Crippen LogP contribution in [-0.2, 0) is 4.79 Å². The van der Waals surface area contributed by atoms with Crippen molar-refractivity contribution in [1.29, 1.82) is 0 Å². The van der Waals surface area contributed by atoms with Crippen LogP contribution < -0.4 is 5.32 Å². The number of benzene rings is 1. The molecule has 1 atom stereocenters. The van der Waals surface area contributed by atoms with Gasteiger partial charge in [-0.25, -0.2) is 9.07 Å². The summed E-state index contributed by atoms with van der Waals surface area (Å²) in [4.78, 5) is 14.6. The Bertz CT molecular complexity index is 710. The van der Waals surface area contributed by atoms with E-state index in [1.54, 1.807) is 16.8 Å². The van der Waals surface area contributed by atoms with Crippen LogP contribution in [0.4, 0.5) is 10.2 Å². The molecule has 1 fully saturated rings. The first-order valence-corrected chi connectivity index (χ1v) is 8.39. The number of halogens is 1. The molecule has 0 unspecified atom stereocenters. The van der Waals surface area contributed by atoms with Crippen LogP contribution in [-0.4, -0.2) is 39.7 Å². The second-order valence-electron chi connectivity index (χ2n) is 6.42. The van der Waals surface area contributed by atoms with Crippen molar-refractivity contribution in [2.24, 2.45) is 0 Å². The van der Waals surface area contributed by atoms with E-state index in [4.69, 9.17) is 0 Å². The van der Waals surface area contributed by atoms with E-state index in [1.165, 1.54) is 18.6 Å². The van der Waals surface area contributed by atoms with Gasteiger partial charge in [0.15, 0.2) is 0 Å². The van der Waals surface area contributed by atoms with Gasteiger partial charge in [0, 0.05) is 12.1 Å². The molecule has 1 aromatic heterocycles. The monoisotopic (exact) mass is 330 g/mol. The third-order valence-electron chi connectivity index (χ3n) is 4.46. The largest absolute Gasteiger partial charge is 0.309 e. The van der Waals surface area contributed by atoms with E-state index in [0.717, 1.165) is 25.1 Å². The van der Waals surface area contributed by atoms with Gasteiger partial charge in [0.1, 0.15) is 11.6 Å². The van der Waals surface area contributed by atoms with Crippen molar-refractivity contribution in [2.45, 2.75) is 39.2 Å². The average molecular weight is 330 g/mol. The number of amides is 1. The summed E-state index contributed by atoms with van der Waals surface area (Å²) < 4.78 is 14.7. The molecule has 6 heteroatoms. The molecule has 128 valence electrons. The molecule has 1 aliphatic rings. The smallest absolute Gasteiger partial charge is 0.239 e. The van der Waals surface area contributed by atoms with Crippen molar-refractivity contribution in [3.8, 4) is 5.69 Å². The minimum absolute atomic E-state index is 0.0491. The van der Waals surface area contributed by atoms with E-state index in [-0.39, 0.29) is 11.7 Å². The molecule has 3 rings (SSSR count). The summed E-state index contributed by atoms with van der Waals surface area (Å²) in [6.07, 6.45) is 3.51. The van der Waals surface area contributed by atoms with Gasteiger partial charge in [-0.05, 0) is 57.5 Å². The molecule has 24 heavy (non-hydrogen) atoms. The Morgan fingerprint density at radius 3 is 2.79 bits per heavy atom. The zero-order valence-corrected chi connectivity index (χ0v) is 14.1. The number of carbonyl (C=O) groups excluding carboxylic acids is 1. The van der Waals surface area contributed by atoms with Crippen molar-refractivity contribution in [1.82, 2.24) is 14.7 Å². The molecule has 0 spiro atoms. The molecule has 1 N–H and O–H groups in total. The summed E-state index contributed by atoms with van der Waals surface area (Å²) in [5.41, 5.74) is 1.51. The molecule has 0 aliphatic carbocycles. The van der Waals surface area contributed by atoms with Crippen LogP contribution >= 0.6 is 0 Å². The van der Waals surface area contributed by atoms with E-state index in [1.807, 2.05) is 13.0 Å². The Balaban J connectivity index is 1.73. The Hall–Kier alpha value is -2.21. The van der Waals surface area contributed by atoms with Crippen molar-refractivity contribution in [3.63, 3.8) is 0 Å². The fourth-order valence-electron chi connectivity index (χ4n) is 3.13. The number of hydrogen-bond acceptors (Lipinski definition) is 3. The third-order valence-corrected chi connectivity index (χ3v) is 4.46. The normalized spacial score (nSPS) is 18.5. The molecular formula is C18H23FN4O. The first-order chi connectivity index (χ1) is 11.5.